The van der Waals surface area contributed by atoms with E-state index in [1.807, 2.05) is 4.90 Å². The Morgan fingerprint density at radius 2 is 2.00 bits per heavy atom. The van der Waals surface area contributed by atoms with E-state index in [1.54, 1.807) is 24.3 Å². The van der Waals surface area contributed by atoms with Crippen LogP contribution in [0.25, 0.3) is 0 Å². The van der Waals surface area contributed by atoms with E-state index in [9.17, 15) is 14.9 Å². The van der Waals surface area contributed by atoms with Crippen LogP contribution in [-0.4, -0.2) is 49.4 Å². The fraction of sp³-hybridized carbons (Fsp3) is 0.263. The van der Waals surface area contributed by atoms with Gasteiger partial charge in [0, 0.05) is 30.2 Å². The summed E-state index contributed by atoms with van der Waals surface area (Å²) in [5, 5.41) is 17.1. The number of nitro benzene ring substituents is 1. The number of thiocarbonyl (C=S) groups is 1. The monoisotopic (exact) mass is 450 g/mol. The molecule has 11 heteroatoms. The first kappa shape index (κ1) is 21.8. The van der Waals surface area contributed by atoms with Gasteiger partial charge in [-0.1, -0.05) is 11.6 Å². The number of nitrogens with one attached hydrogen (secondary N) is 2. The molecule has 1 fully saturated rings. The number of benzene rings is 2. The van der Waals surface area contributed by atoms with Crippen LogP contribution >= 0.6 is 23.8 Å². The molecule has 1 aliphatic rings. The van der Waals surface area contributed by atoms with Gasteiger partial charge >= 0.3 is 0 Å². The van der Waals surface area contributed by atoms with Gasteiger partial charge in [0.2, 0.25) is 0 Å². The van der Waals surface area contributed by atoms with Gasteiger partial charge in [-0.05, 0) is 36.5 Å². The standard InChI is InChI=1S/C19H19ClN4O5S/c1-28-17-5-2-12(20)10-15(17)21-19(30)22-18(25)14-11-13(24(26)27)3-4-16(14)23-6-8-29-9-7-23/h2-5,10-11H,6-9H2,1H3,(H2,21,22,25,30). The van der Waals surface area contributed by atoms with Crippen LogP contribution in [0.2, 0.25) is 5.02 Å². The van der Waals surface area contributed by atoms with Crippen LogP contribution in [0.15, 0.2) is 36.4 Å². The summed E-state index contributed by atoms with van der Waals surface area (Å²) in [7, 11) is 1.49. The maximum absolute atomic E-state index is 12.9. The third-order valence-corrected chi connectivity index (χ3v) is 4.86. The molecule has 3 rings (SSSR count). The van der Waals surface area contributed by atoms with Crippen LogP contribution in [0.3, 0.4) is 0 Å². The third kappa shape index (κ3) is 5.15. The highest BCUT2D eigenvalue weighted by atomic mass is 35.5. The number of halogens is 1. The summed E-state index contributed by atoms with van der Waals surface area (Å²) in [4.78, 5) is 25.5. The topological polar surface area (TPSA) is 106 Å². The fourth-order valence-electron chi connectivity index (χ4n) is 3.00. The molecule has 0 bridgehead atoms. The lowest BCUT2D eigenvalue weighted by Crippen LogP contribution is -2.39. The van der Waals surface area contributed by atoms with E-state index in [0.29, 0.717) is 48.5 Å². The van der Waals surface area contributed by atoms with E-state index < -0.39 is 10.8 Å². The zero-order chi connectivity index (χ0) is 21.7. The third-order valence-electron chi connectivity index (χ3n) is 4.42. The van der Waals surface area contributed by atoms with Crippen LogP contribution in [0, 0.1) is 10.1 Å². The molecule has 2 N–H and O–H groups in total. The number of non-ortho nitro benzene ring substituents is 1. The minimum absolute atomic E-state index is 0.000000262. The summed E-state index contributed by atoms with van der Waals surface area (Å²) in [6, 6.07) is 9.09. The number of anilines is 2. The molecule has 1 heterocycles. The highest BCUT2D eigenvalue weighted by Gasteiger charge is 2.23. The summed E-state index contributed by atoms with van der Waals surface area (Å²) in [6.45, 7) is 2.15. The van der Waals surface area contributed by atoms with Crippen molar-refractivity contribution in [3.63, 3.8) is 0 Å². The van der Waals surface area contributed by atoms with Gasteiger partial charge in [-0.2, -0.15) is 0 Å². The van der Waals surface area contributed by atoms with Crippen molar-refractivity contribution in [3.05, 3.63) is 57.1 Å². The predicted molar refractivity (Wildman–Crippen MR) is 118 cm³/mol. The summed E-state index contributed by atoms with van der Waals surface area (Å²) >= 11 is 11.2. The Bertz CT molecular complexity index is 981. The number of rotatable bonds is 5. The normalized spacial score (nSPS) is 13.5. The molecule has 2 aromatic rings. The maximum atomic E-state index is 12.9. The van der Waals surface area contributed by atoms with Crippen LogP contribution in [0.1, 0.15) is 10.4 Å². The lowest BCUT2D eigenvalue weighted by atomic mass is 10.1. The molecule has 158 valence electrons. The molecule has 1 saturated heterocycles. The van der Waals surface area contributed by atoms with Crippen molar-refractivity contribution in [1.82, 2.24) is 5.32 Å². The second-order valence-electron chi connectivity index (χ2n) is 6.31. The van der Waals surface area contributed by atoms with Gasteiger partial charge in [-0.15, -0.1) is 0 Å². The van der Waals surface area contributed by atoms with Crippen LogP contribution in [0.5, 0.6) is 5.75 Å². The molecule has 0 radical (unpaired) electrons. The zero-order valence-electron chi connectivity index (χ0n) is 16.0. The van der Waals surface area contributed by atoms with E-state index >= 15 is 0 Å². The summed E-state index contributed by atoms with van der Waals surface area (Å²) < 4.78 is 10.6. The van der Waals surface area contributed by atoms with Crippen molar-refractivity contribution in [3.8, 4) is 5.75 Å². The molecule has 2 aromatic carbocycles. The molecule has 9 nitrogen and oxygen atoms in total. The second-order valence-corrected chi connectivity index (χ2v) is 7.16. The molecule has 0 saturated carbocycles. The van der Waals surface area contributed by atoms with Crippen molar-refractivity contribution >= 4 is 51.9 Å². The largest absolute Gasteiger partial charge is 0.495 e. The van der Waals surface area contributed by atoms with Gasteiger partial charge in [0.05, 0.1) is 42.2 Å². The van der Waals surface area contributed by atoms with Gasteiger partial charge in [-0.25, -0.2) is 0 Å². The van der Waals surface area contributed by atoms with Gasteiger partial charge in [0.15, 0.2) is 5.11 Å². The van der Waals surface area contributed by atoms with Gasteiger partial charge < -0.3 is 19.7 Å². The van der Waals surface area contributed by atoms with Gasteiger partial charge in [0.1, 0.15) is 5.75 Å². The lowest BCUT2D eigenvalue weighted by Gasteiger charge is -2.30. The first-order valence-corrected chi connectivity index (χ1v) is 9.74. The Kier molecular flexibility index (Phi) is 7.03. The lowest BCUT2D eigenvalue weighted by molar-refractivity contribution is -0.384. The number of methoxy groups -OCH3 is 1. The van der Waals surface area contributed by atoms with Crippen molar-refractivity contribution in [2.75, 3.05) is 43.6 Å². The maximum Gasteiger partial charge on any atom is 0.270 e. The van der Waals surface area contributed by atoms with E-state index in [4.69, 9.17) is 33.3 Å². The van der Waals surface area contributed by atoms with Crippen LogP contribution in [0.4, 0.5) is 17.1 Å². The first-order chi connectivity index (χ1) is 14.4. The van der Waals surface area contributed by atoms with Crippen molar-refractivity contribution in [1.29, 1.82) is 0 Å². The van der Waals surface area contributed by atoms with Crippen molar-refractivity contribution in [2.45, 2.75) is 0 Å². The SMILES string of the molecule is COc1ccc(Cl)cc1NC(=S)NC(=O)c1cc([N+](=O)[O-])ccc1N1CCOCC1. The molecule has 1 amide bonds. The average Bonchev–Trinajstić information content (AvgIpc) is 2.74. The fourth-order valence-corrected chi connectivity index (χ4v) is 3.38. The van der Waals surface area contributed by atoms with E-state index in [2.05, 4.69) is 10.6 Å². The number of hydrogen-bond donors (Lipinski definition) is 2. The number of amides is 1. The average molecular weight is 451 g/mol. The van der Waals surface area contributed by atoms with Crippen LogP contribution < -0.4 is 20.3 Å². The van der Waals surface area contributed by atoms with E-state index in [-0.39, 0.29) is 16.4 Å². The molecule has 0 aliphatic carbocycles. The number of nitro groups is 1. The predicted octanol–water partition coefficient (Wildman–Crippen LogP) is 3.22. The van der Waals surface area contributed by atoms with E-state index in [0.717, 1.165) is 0 Å². The molecule has 0 aromatic heterocycles. The van der Waals surface area contributed by atoms with E-state index in [1.165, 1.54) is 19.2 Å². The minimum Gasteiger partial charge on any atom is -0.495 e. The molecule has 0 spiro atoms. The molecule has 0 atom stereocenters. The number of morpholine rings is 1. The Morgan fingerprint density at radius 3 is 2.67 bits per heavy atom. The van der Waals surface area contributed by atoms with Gasteiger partial charge in [-0.3, -0.25) is 20.2 Å². The summed E-state index contributed by atoms with van der Waals surface area (Å²) in [6.07, 6.45) is 0. The Labute approximate surface area is 183 Å². The smallest absolute Gasteiger partial charge is 0.270 e. The first-order valence-electron chi connectivity index (χ1n) is 8.96. The molecular weight excluding hydrogens is 432 g/mol. The summed E-state index contributed by atoms with van der Waals surface area (Å²) in [5.41, 5.74) is 1.01. The van der Waals surface area contributed by atoms with Gasteiger partial charge in [0.25, 0.3) is 11.6 Å². The zero-order valence-corrected chi connectivity index (χ0v) is 17.6. The molecular formula is C19H19ClN4O5S. The molecule has 30 heavy (non-hydrogen) atoms. The minimum atomic E-state index is -0.571. The Hall–Kier alpha value is -2.95. The molecule has 1 aliphatic heterocycles. The highest BCUT2D eigenvalue weighted by Crippen LogP contribution is 2.28. The number of carbonyl (C=O) groups excluding carboxylic acids is 1. The quantitative estimate of drug-likeness (QED) is 0.406. The number of carbonyl (C=O) groups is 1. The van der Waals surface area contributed by atoms with Crippen LogP contribution in [-0.2, 0) is 4.74 Å². The Morgan fingerprint density at radius 1 is 1.27 bits per heavy atom. The number of ether oxygens (including phenoxy) is 2. The Balaban J connectivity index is 1.83. The number of hydrogen-bond acceptors (Lipinski definition) is 7. The summed E-state index contributed by atoms with van der Waals surface area (Å²) in [5.74, 6) is -0.0842. The molecule has 0 unspecified atom stereocenters. The number of nitrogens with zero attached hydrogens (tertiary/aromatic N) is 2. The van der Waals surface area contributed by atoms with Crippen molar-refractivity contribution in [2.24, 2.45) is 0 Å². The van der Waals surface area contributed by atoms with Crippen molar-refractivity contribution < 1.29 is 19.2 Å². The highest BCUT2D eigenvalue weighted by molar-refractivity contribution is 7.80. The second kappa shape index (κ2) is 9.70.